The van der Waals surface area contributed by atoms with Crippen molar-refractivity contribution < 1.29 is 13.6 Å². The second kappa shape index (κ2) is 9.12. The predicted molar refractivity (Wildman–Crippen MR) is 127 cm³/mol. The number of benzene rings is 4. The number of fused-ring (bicyclic) bond motifs is 1. The van der Waals surface area contributed by atoms with Crippen LogP contribution in [-0.4, -0.2) is 25.0 Å². The maximum absolute atomic E-state index is 13.6. The van der Waals surface area contributed by atoms with Gasteiger partial charge in [0.25, 0.3) is 5.91 Å². The fraction of sp³-hybridized carbons (Fsp3) is 0.179. The van der Waals surface area contributed by atoms with Gasteiger partial charge in [0.2, 0.25) is 0 Å². The van der Waals surface area contributed by atoms with Crippen LogP contribution in [0.5, 0.6) is 0 Å². The molecule has 0 spiro atoms. The van der Waals surface area contributed by atoms with Crippen molar-refractivity contribution in [3.8, 4) is 11.1 Å². The Morgan fingerprint density at radius 1 is 0.818 bits per heavy atom. The fourth-order valence-electron chi connectivity index (χ4n) is 4.63. The minimum absolute atomic E-state index is 0.0600. The van der Waals surface area contributed by atoms with Crippen LogP contribution >= 0.6 is 0 Å². The molecule has 33 heavy (non-hydrogen) atoms. The molecule has 1 fully saturated rings. The highest BCUT2D eigenvalue weighted by molar-refractivity contribution is 5.98. The van der Waals surface area contributed by atoms with Gasteiger partial charge in [0.05, 0.1) is 0 Å². The first-order valence-electron chi connectivity index (χ1n) is 11.1. The van der Waals surface area contributed by atoms with E-state index in [1.165, 1.54) is 12.1 Å². The zero-order valence-electron chi connectivity index (χ0n) is 18.0. The molecule has 0 saturated carbocycles. The molecule has 4 aromatic carbocycles. The topological polar surface area (TPSA) is 41.1 Å². The summed E-state index contributed by atoms with van der Waals surface area (Å²) >= 11 is 0. The Kier molecular flexibility index (Phi) is 5.88. The van der Waals surface area contributed by atoms with Crippen molar-refractivity contribution in [1.82, 2.24) is 10.6 Å². The first-order valence-corrected chi connectivity index (χ1v) is 11.1. The molecule has 0 radical (unpaired) electrons. The van der Waals surface area contributed by atoms with E-state index in [4.69, 9.17) is 0 Å². The number of halogens is 2. The molecule has 3 nitrogen and oxygen atoms in total. The van der Waals surface area contributed by atoms with Crippen molar-refractivity contribution in [3.05, 3.63) is 108 Å². The number of rotatable bonds is 4. The van der Waals surface area contributed by atoms with Crippen molar-refractivity contribution in [2.75, 3.05) is 13.1 Å². The molecule has 0 aliphatic carbocycles. The number of amides is 1. The van der Waals surface area contributed by atoms with Crippen LogP contribution in [0.25, 0.3) is 21.9 Å². The molecule has 0 bridgehead atoms. The highest BCUT2D eigenvalue weighted by Gasteiger charge is 2.28. The van der Waals surface area contributed by atoms with E-state index in [0.717, 1.165) is 40.9 Å². The van der Waals surface area contributed by atoms with Crippen LogP contribution in [-0.2, 0) is 0 Å². The molecule has 5 heteroatoms. The number of hydrogen-bond donors (Lipinski definition) is 2. The maximum atomic E-state index is 13.6. The van der Waals surface area contributed by atoms with Gasteiger partial charge in [-0.1, -0.05) is 54.6 Å². The van der Waals surface area contributed by atoms with E-state index in [0.29, 0.717) is 17.7 Å². The quantitative estimate of drug-likeness (QED) is 0.428. The third-order valence-electron chi connectivity index (χ3n) is 6.34. The van der Waals surface area contributed by atoms with Crippen molar-refractivity contribution >= 4 is 16.7 Å². The molecule has 0 aromatic heterocycles. The summed E-state index contributed by atoms with van der Waals surface area (Å²) in [7, 11) is 0. The molecule has 1 aliphatic heterocycles. The Balaban J connectivity index is 1.35. The second-order valence-corrected chi connectivity index (χ2v) is 8.52. The Morgan fingerprint density at radius 2 is 1.55 bits per heavy atom. The van der Waals surface area contributed by atoms with Crippen LogP contribution in [0.2, 0.25) is 0 Å². The summed E-state index contributed by atoms with van der Waals surface area (Å²) in [5.41, 5.74) is 3.00. The summed E-state index contributed by atoms with van der Waals surface area (Å²) in [6.45, 7) is 1.55. The molecule has 5 rings (SSSR count). The lowest BCUT2D eigenvalue weighted by Crippen LogP contribution is -2.50. The van der Waals surface area contributed by atoms with Crippen LogP contribution in [0, 0.1) is 11.6 Å². The van der Waals surface area contributed by atoms with Crippen molar-refractivity contribution in [2.24, 2.45) is 0 Å². The highest BCUT2D eigenvalue weighted by atomic mass is 19.1. The third-order valence-corrected chi connectivity index (χ3v) is 6.34. The van der Waals surface area contributed by atoms with Gasteiger partial charge >= 0.3 is 0 Å². The van der Waals surface area contributed by atoms with E-state index in [1.54, 1.807) is 0 Å². The average molecular weight is 443 g/mol. The molecule has 2 N–H and O–H groups in total. The molecule has 2 atom stereocenters. The minimum Gasteiger partial charge on any atom is -0.347 e. The first kappa shape index (κ1) is 21.3. The van der Waals surface area contributed by atoms with Crippen molar-refractivity contribution in [2.45, 2.75) is 18.4 Å². The zero-order valence-corrected chi connectivity index (χ0v) is 18.0. The Bertz CT molecular complexity index is 1280. The molecular formula is C28H24F2N2O. The summed E-state index contributed by atoms with van der Waals surface area (Å²) < 4.78 is 27.2. The number of carbonyl (C=O) groups is 1. The van der Waals surface area contributed by atoms with Gasteiger partial charge in [-0.2, -0.15) is 0 Å². The van der Waals surface area contributed by atoms with Crippen LogP contribution in [0.3, 0.4) is 0 Å². The summed E-state index contributed by atoms with van der Waals surface area (Å²) in [5.74, 6) is -1.13. The normalized spacial score (nSPS) is 18.2. The minimum atomic E-state index is -0.594. The van der Waals surface area contributed by atoms with Crippen molar-refractivity contribution in [1.29, 1.82) is 0 Å². The molecule has 166 valence electrons. The lowest BCUT2D eigenvalue weighted by molar-refractivity contribution is 0.0924. The van der Waals surface area contributed by atoms with Gasteiger partial charge in [-0.25, -0.2) is 8.78 Å². The van der Waals surface area contributed by atoms with Crippen molar-refractivity contribution in [3.63, 3.8) is 0 Å². The second-order valence-electron chi connectivity index (χ2n) is 8.52. The van der Waals surface area contributed by atoms with Gasteiger partial charge in [0, 0.05) is 30.1 Å². The molecule has 0 unspecified atom stereocenters. The van der Waals surface area contributed by atoms with E-state index < -0.39 is 11.6 Å². The Labute approximate surface area is 191 Å². The summed E-state index contributed by atoms with van der Waals surface area (Å²) in [6, 6.07) is 24.9. The van der Waals surface area contributed by atoms with Crippen LogP contribution < -0.4 is 10.6 Å². The molecule has 1 saturated heterocycles. The first-order chi connectivity index (χ1) is 16.1. The largest absolute Gasteiger partial charge is 0.347 e. The monoisotopic (exact) mass is 442 g/mol. The average Bonchev–Trinajstić information content (AvgIpc) is 2.83. The van der Waals surface area contributed by atoms with Gasteiger partial charge < -0.3 is 10.6 Å². The molecular weight excluding hydrogens is 418 g/mol. The SMILES string of the molecule is O=C(N[C@H]1CNCC[C@@H]1c1ccc(-c2cc(F)cc(F)c2)cc1)c1ccc2ccccc2c1. The molecule has 1 amide bonds. The standard InChI is InChI=1S/C28H24F2N2O/c29-24-14-23(15-25(30)16-24)19-5-8-20(9-6-19)26-11-12-31-17-27(26)32-28(33)22-10-7-18-3-1-2-4-21(18)13-22/h1-10,13-16,26-27,31H,11-12,17H2,(H,32,33)/t26-,27+/m1/s1. The van der Waals surface area contributed by atoms with Crippen LogP contribution in [0.1, 0.15) is 28.3 Å². The maximum Gasteiger partial charge on any atom is 0.251 e. The van der Waals surface area contributed by atoms with Gasteiger partial charge in [-0.15, -0.1) is 0 Å². The van der Waals surface area contributed by atoms with Gasteiger partial charge in [-0.05, 0) is 64.7 Å². The third kappa shape index (κ3) is 4.64. The van der Waals surface area contributed by atoms with E-state index in [9.17, 15) is 13.6 Å². The lowest BCUT2D eigenvalue weighted by atomic mass is 9.85. The predicted octanol–water partition coefficient (Wildman–Crippen LogP) is 5.66. The number of piperidine rings is 1. The van der Waals surface area contributed by atoms with E-state index in [1.807, 2.05) is 66.7 Å². The number of carbonyl (C=O) groups excluding carboxylic acids is 1. The molecule has 1 aliphatic rings. The number of nitrogens with one attached hydrogen (secondary N) is 2. The van der Waals surface area contributed by atoms with Crippen LogP contribution in [0.15, 0.2) is 84.9 Å². The Morgan fingerprint density at radius 3 is 2.30 bits per heavy atom. The zero-order chi connectivity index (χ0) is 22.8. The summed E-state index contributed by atoms with van der Waals surface area (Å²) in [4.78, 5) is 13.0. The highest BCUT2D eigenvalue weighted by Crippen LogP contribution is 2.29. The van der Waals surface area contributed by atoms with Gasteiger partial charge in [0.15, 0.2) is 0 Å². The number of hydrogen-bond acceptors (Lipinski definition) is 2. The fourth-order valence-corrected chi connectivity index (χ4v) is 4.63. The lowest BCUT2D eigenvalue weighted by Gasteiger charge is -2.33. The smallest absolute Gasteiger partial charge is 0.251 e. The van der Waals surface area contributed by atoms with E-state index >= 15 is 0 Å². The summed E-state index contributed by atoms with van der Waals surface area (Å²) in [6.07, 6.45) is 0.886. The summed E-state index contributed by atoms with van der Waals surface area (Å²) in [5, 5.41) is 8.72. The molecule has 1 heterocycles. The van der Waals surface area contributed by atoms with E-state index in [2.05, 4.69) is 10.6 Å². The van der Waals surface area contributed by atoms with Gasteiger partial charge in [0.1, 0.15) is 11.6 Å². The van der Waals surface area contributed by atoms with Crippen LogP contribution in [0.4, 0.5) is 8.78 Å². The molecule has 4 aromatic rings. The Hall–Kier alpha value is -3.57. The van der Waals surface area contributed by atoms with E-state index in [-0.39, 0.29) is 17.9 Å². The van der Waals surface area contributed by atoms with Gasteiger partial charge in [-0.3, -0.25) is 4.79 Å².